The van der Waals surface area contributed by atoms with Gasteiger partial charge in [0.2, 0.25) is 5.91 Å². The van der Waals surface area contributed by atoms with E-state index in [9.17, 15) is 14.9 Å². The zero-order valence-electron chi connectivity index (χ0n) is 10.8. The van der Waals surface area contributed by atoms with Crippen molar-refractivity contribution >= 4 is 29.1 Å². The maximum absolute atomic E-state index is 11.3. The molecule has 2 aromatic rings. The molecule has 108 valence electrons. The lowest BCUT2D eigenvalue weighted by Gasteiger charge is -2.18. The molecule has 7 heteroatoms. The molecule has 1 aromatic heterocycles. The summed E-state index contributed by atoms with van der Waals surface area (Å²) < 4.78 is 5.12. The number of hydrogen-bond acceptors (Lipinski definition) is 4. The number of carbonyl (C=O) groups is 1. The summed E-state index contributed by atoms with van der Waals surface area (Å²) in [5.41, 5.74) is 2.55. The summed E-state index contributed by atoms with van der Waals surface area (Å²) in [5.74, 6) is -0.0108. The molecule has 1 N–H and O–H groups in total. The molecule has 21 heavy (non-hydrogen) atoms. The monoisotopic (exact) mass is 306 g/mol. The van der Waals surface area contributed by atoms with Crippen molar-refractivity contribution < 1.29 is 14.1 Å². The number of anilines is 1. The summed E-state index contributed by atoms with van der Waals surface area (Å²) in [6.45, 7) is 0. The van der Waals surface area contributed by atoms with Crippen LogP contribution in [0.3, 0.4) is 0 Å². The van der Waals surface area contributed by atoms with Gasteiger partial charge < -0.3 is 9.73 Å². The number of amides is 1. The number of nitro groups is 1. The average Bonchev–Trinajstić information content (AvgIpc) is 2.96. The Bertz CT molecular complexity index is 726. The molecule has 1 aromatic carbocycles. The number of alkyl halides is 1. The third kappa shape index (κ3) is 2.62. The number of aryl methyl sites for hydroxylation is 1. The van der Waals surface area contributed by atoms with Gasteiger partial charge in [0.15, 0.2) is 0 Å². The van der Waals surface area contributed by atoms with Gasteiger partial charge in [-0.15, -0.1) is 11.6 Å². The van der Waals surface area contributed by atoms with E-state index in [0.717, 1.165) is 16.8 Å². The molecule has 3 rings (SSSR count). The molecule has 0 fully saturated rings. The molecule has 0 saturated heterocycles. The Morgan fingerprint density at radius 2 is 2.10 bits per heavy atom. The van der Waals surface area contributed by atoms with Crippen molar-refractivity contribution in [1.82, 2.24) is 0 Å². The first-order valence-electron chi connectivity index (χ1n) is 6.35. The van der Waals surface area contributed by atoms with Gasteiger partial charge in [-0.3, -0.25) is 14.9 Å². The summed E-state index contributed by atoms with van der Waals surface area (Å²) in [7, 11) is 0. The maximum atomic E-state index is 11.3. The quantitative estimate of drug-likeness (QED) is 0.535. The number of furan rings is 1. The number of nitrogens with zero attached hydrogens (tertiary/aromatic N) is 1. The second-order valence-corrected chi connectivity index (χ2v) is 5.20. The third-order valence-corrected chi connectivity index (χ3v) is 3.83. The first-order valence-corrected chi connectivity index (χ1v) is 6.79. The smallest absolute Gasteiger partial charge is 0.404 e. The molecule has 0 bridgehead atoms. The summed E-state index contributed by atoms with van der Waals surface area (Å²) in [6, 6.07) is 8.23. The lowest BCUT2D eigenvalue weighted by Crippen LogP contribution is -2.19. The van der Waals surface area contributed by atoms with Crippen LogP contribution >= 0.6 is 11.6 Å². The predicted octanol–water partition coefficient (Wildman–Crippen LogP) is 3.40. The van der Waals surface area contributed by atoms with Gasteiger partial charge in [0, 0.05) is 12.1 Å². The highest BCUT2D eigenvalue weighted by Crippen LogP contribution is 2.34. The minimum atomic E-state index is -0.610. The molecule has 1 atom stereocenters. The molecule has 0 spiro atoms. The van der Waals surface area contributed by atoms with Gasteiger partial charge in [-0.1, -0.05) is 12.1 Å². The van der Waals surface area contributed by atoms with Crippen LogP contribution in [0.25, 0.3) is 0 Å². The Labute approximate surface area is 124 Å². The second kappa shape index (κ2) is 5.21. The Morgan fingerprint density at radius 3 is 2.81 bits per heavy atom. The molecule has 1 aliphatic rings. The van der Waals surface area contributed by atoms with Gasteiger partial charge in [0.05, 0.1) is 6.07 Å². The molecule has 6 nitrogen and oxygen atoms in total. The van der Waals surface area contributed by atoms with Crippen molar-refractivity contribution in [2.45, 2.75) is 18.2 Å². The summed E-state index contributed by atoms with van der Waals surface area (Å²) >= 11 is 6.32. The molecule has 1 aliphatic heterocycles. The zero-order chi connectivity index (χ0) is 15.0. The number of nitrogens with one attached hydrogen (secondary N) is 1. The lowest BCUT2D eigenvalue weighted by molar-refractivity contribution is -0.402. The van der Waals surface area contributed by atoms with E-state index < -0.39 is 10.3 Å². The van der Waals surface area contributed by atoms with Gasteiger partial charge in [-0.2, -0.15) is 0 Å². The molecule has 0 saturated carbocycles. The molecule has 1 amide bonds. The van der Waals surface area contributed by atoms with Crippen LogP contribution in [0.5, 0.6) is 0 Å². The Hall–Kier alpha value is -2.34. The Kier molecular flexibility index (Phi) is 3.39. The highest BCUT2D eigenvalue weighted by atomic mass is 35.5. The van der Waals surface area contributed by atoms with Gasteiger partial charge in [-0.05, 0) is 29.7 Å². The second-order valence-electron chi connectivity index (χ2n) is 4.76. The average molecular weight is 307 g/mol. The van der Waals surface area contributed by atoms with Gasteiger partial charge in [0.1, 0.15) is 16.1 Å². The Morgan fingerprint density at radius 1 is 1.29 bits per heavy atom. The molecule has 0 radical (unpaired) electrons. The van der Waals surface area contributed by atoms with Crippen LogP contribution in [-0.2, 0) is 11.2 Å². The normalized spacial score (nSPS) is 15.2. The number of halogens is 1. The van der Waals surface area contributed by atoms with Crippen LogP contribution in [0.4, 0.5) is 11.6 Å². The van der Waals surface area contributed by atoms with Crippen molar-refractivity contribution in [2.75, 3.05) is 5.32 Å². The minimum absolute atomic E-state index is 0.000618. The van der Waals surface area contributed by atoms with Crippen LogP contribution in [0, 0.1) is 10.1 Å². The Balaban J connectivity index is 1.89. The van der Waals surface area contributed by atoms with E-state index in [1.54, 1.807) is 12.1 Å². The fourth-order valence-corrected chi connectivity index (χ4v) is 2.55. The largest absolute Gasteiger partial charge is 0.433 e. The fraction of sp³-hybridized carbons (Fsp3) is 0.214. The number of hydrogen-bond donors (Lipinski definition) is 1. The van der Waals surface area contributed by atoms with Crippen molar-refractivity contribution in [3.05, 3.63) is 57.3 Å². The third-order valence-electron chi connectivity index (χ3n) is 3.36. The lowest BCUT2D eigenvalue weighted by atomic mass is 9.98. The van der Waals surface area contributed by atoms with Crippen LogP contribution in [0.1, 0.15) is 28.7 Å². The van der Waals surface area contributed by atoms with Crippen molar-refractivity contribution in [1.29, 1.82) is 0 Å². The summed E-state index contributed by atoms with van der Waals surface area (Å²) in [4.78, 5) is 21.3. The van der Waals surface area contributed by atoms with Crippen LogP contribution in [0.15, 0.2) is 34.7 Å². The number of carbonyl (C=O) groups excluding carboxylic acids is 1. The maximum Gasteiger partial charge on any atom is 0.433 e. The van der Waals surface area contributed by atoms with E-state index in [1.807, 2.05) is 6.07 Å². The number of benzene rings is 1. The first kappa shape index (κ1) is 13.6. The number of fused-ring (bicyclic) bond motifs is 1. The van der Waals surface area contributed by atoms with Crippen LogP contribution in [0.2, 0.25) is 0 Å². The number of rotatable bonds is 3. The minimum Gasteiger partial charge on any atom is -0.404 e. The van der Waals surface area contributed by atoms with Crippen molar-refractivity contribution in [2.24, 2.45) is 0 Å². The molecular weight excluding hydrogens is 296 g/mol. The van der Waals surface area contributed by atoms with E-state index in [-0.39, 0.29) is 11.8 Å². The molecular formula is C14H11ClN2O4. The molecule has 0 aliphatic carbocycles. The van der Waals surface area contributed by atoms with Crippen molar-refractivity contribution in [3.8, 4) is 0 Å². The standard InChI is InChI=1S/C14H11ClN2O4/c15-14(11-4-6-13(21-11)17(19)20)9-1-3-10-8(7-9)2-5-12(18)16-10/h1,3-4,6-7,14H,2,5H2,(H,16,18). The highest BCUT2D eigenvalue weighted by molar-refractivity contribution is 6.22. The van der Waals surface area contributed by atoms with Crippen LogP contribution in [-0.4, -0.2) is 10.8 Å². The van der Waals surface area contributed by atoms with E-state index in [1.165, 1.54) is 12.1 Å². The predicted molar refractivity (Wildman–Crippen MR) is 76.5 cm³/mol. The molecule has 1 unspecified atom stereocenters. The summed E-state index contributed by atoms with van der Waals surface area (Å²) in [6.07, 6.45) is 1.09. The fourth-order valence-electron chi connectivity index (χ4n) is 2.30. The van der Waals surface area contributed by atoms with E-state index >= 15 is 0 Å². The zero-order valence-corrected chi connectivity index (χ0v) is 11.6. The van der Waals surface area contributed by atoms with Gasteiger partial charge in [0.25, 0.3) is 0 Å². The summed E-state index contributed by atoms with van der Waals surface area (Å²) in [5, 5.41) is 12.8. The first-order chi connectivity index (χ1) is 10.0. The van der Waals surface area contributed by atoms with Crippen molar-refractivity contribution in [3.63, 3.8) is 0 Å². The van der Waals surface area contributed by atoms with Gasteiger partial charge in [-0.25, -0.2) is 0 Å². The van der Waals surface area contributed by atoms with Crippen LogP contribution < -0.4 is 5.32 Å². The molecule has 2 heterocycles. The van der Waals surface area contributed by atoms with E-state index in [4.69, 9.17) is 16.0 Å². The van der Waals surface area contributed by atoms with Gasteiger partial charge >= 0.3 is 5.88 Å². The van der Waals surface area contributed by atoms with E-state index in [2.05, 4.69) is 5.32 Å². The van der Waals surface area contributed by atoms with E-state index in [0.29, 0.717) is 18.6 Å². The topological polar surface area (TPSA) is 85.4 Å². The SMILES string of the molecule is O=C1CCc2cc(C(Cl)c3ccc([N+](=O)[O-])o3)ccc2N1. The highest BCUT2D eigenvalue weighted by Gasteiger charge is 2.22.